The maximum atomic E-state index is 13.7. The summed E-state index contributed by atoms with van der Waals surface area (Å²) in [4.78, 5) is 48.0. The molecule has 2 atom stereocenters. The first-order chi connectivity index (χ1) is 19.3. The normalized spacial score (nSPS) is 21.2. The van der Waals surface area contributed by atoms with Crippen molar-refractivity contribution in [3.05, 3.63) is 46.5 Å². The SMILES string of the molecule is COC(=O)C1=CCC(NC(=O)C(CC2CCCCC2)n2cnc3cc(S(=O)(=O)C4CCCC4)ccc3c2=O)N=C1. The molecule has 11 heteroatoms. The molecule has 10 nitrogen and oxygen atoms in total. The van der Waals surface area contributed by atoms with E-state index < -0.39 is 33.3 Å². The third-order valence-corrected chi connectivity index (χ3v) is 10.7. The maximum absolute atomic E-state index is 13.7. The Hall–Kier alpha value is -3.34. The lowest BCUT2D eigenvalue weighted by atomic mass is 9.84. The first kappa shape index (κ1) is 28.2. The van der Waals surface area contributed by atoms with Gasteiger partial charge in [-0.25, -0.2) is 18.2 Å². The summed E-state index contributed by atoms with van der Waals surface area (Å²) in [5.74, 6) is -0.533. The van der Waals surface area contributed by atoms with Crippen LogP contribution in [0.15, 0.2) is 50.9 Å². The van der Waals surface area contributed by atoms with Gasteiger partial charge in [0.25, 0.3) is 5.56 Å². The van der Waals surface area contributed by atoms with Gasteiger partial charge in [-0.15, -0.1) is 0 Å². The average Bonchev–Trinajstić information content (AvgIpc) is 3.53. The van der Waals surface area contributed by atoms with Crippen LogP contribution >= 0.6 is 0 Å². The van der Waals surface area contributed by atoms with E-state index in [1.807, 2.05) is 0 Å². The second-order valence-electron chi connectivity index (χ2n) is 11.0. The van der Waals surface area contributed by atoms with Crippen molar-refractivity contribution in [3.63, 3.8) is 0 Å². The van der Waals surface area contributed by atoms with Crippen molar-refractivity contribution in [2.24, 2.45) is 10.9 Å². The molecule has 1 amide bonds. The number of aromatic nitrogens is 2. The van der Waals surface area contributed by atoms with E-state index in [1.165, 1.54) is 48.8 Å². The van der Waals surface area contributed by atoms with Gasteiger partial charge in [0.05, 0.1) is 40.1 Å². The average molecular weight is 569 g/mol. The highest BCUT2D eigenvalue weighted by Crippen LogP contribution is 2.32. The number of hydrogen-bond donors (Lipinski definition) is 1. The molecular weight excluding hydrogens is 532 g/mol. The summed E-state index contributed by atoms with van der Waals surface area (Å²) in [5, 5.41) is 2.80. The van der Waals surface area contributed by atoms with Gasteiger partial charge in [-0.1, -0.05) is 51.0 Å². The van der Waals surface area contributed by atoms with Crippen LogP contribution in [0.25, 0.3) is 10.9 Å². The number of nitrogens with one attached hydrogen (secondary N) is 1. The number of esters is 1. The Bertz CT molecular complexity index is 1500. The zero-order valence-electron chi connectivity index (χ0n) is 22.8. The Labute approximate surface area is 233 Å². The number of carbonyl (C=O) groups excluding carboxylic acids is 2. The topological polar surface area (TPSA) is 137 Å². The minimum Gasteiger partial charge on any atom is -0.465 e. The molecule has 0 bridgehead atoms. The number of rotatable bonds is 8. The number of fused-ring (bicyclic) bond motifs is 1. The lowest BCUT2D eigenvalue weighted by Crippen LogP contribution is -2.43. The molecule has 3 aliphatic rings. The number of dihydropyridines is 1. The molecule has 0 saturated heterocycles. The van der Waals surface area contributed by atoms with E-state index in [4.69, 9.17) is 4.74 Å². The zero-order valence-corrected chi connectivity index (χ0v) is 23.6. The molecule has 5 rings (SSSR count). The van der Waals surface area contributed by atoms with Crippen LogP contribution < -0.4 is 10.9 Å². The summed E-state index contributed by atoms with van der Waals surface area (Å²) < 4.78 is 32.3. The predicted octanol–water partition coefficient (Wildman–Crippen LogP) is 3.64. The number of carbonyl (C=O) groups is 2. The Morgan fingerprint density at radius 2 is 1.82 bits per heavy atom. The van der Waals surface area contributed by atoms with E-state index in [9.17, 15) is 22.8 Å². The largest absolute Gasteiger partial charge is 0.465 e. The lowest BCUT2D eigenvalue weighted by Gasteiger charge is -2.28. The fourth-order valence-electron chi connectivity index (χ4n) is 6.12. The number of nitrogens with zero attached hydrogens (tertiary/aromatic N) is 3. The molecule has 2 unspecified atom stereocenters. The fourth-order valence-corrected chi connectivity index (χ4v) is 8.00. The van der Waals surface area contributed by atoms with Crippen molar-refractivity contribution < 1.29 is 22.7 Å². The van der Waals surface area contributed by atoms with Crippen LogP contribution in [0.1, 0.15) is 76.7 Å². The van der Waals surface area contributed by atoms with Crippen molar-refractivity contribution in [2.75, 3.05) is 7.11 Å². The molecule has 214 valence electrons. The van der Waals surface area contributed by atoms with Gasteiger partial charge in [0, 0.05) is 12.6 Å². The minimum atomic E-state index is -3.49. The number of aliphatic imine (C=N–C) groups is 1. The van der Waals surface area contributed by atoms with Crippen LogP contribution in [0.4, 0.5) is 0 Å². The van der Waals surface area contributed by atoms with Crippen molar-refractivity contribution in [3.8, 4) is 0 Å². The van der Waals surface area contributed by atoms with E-state index in [1.54, 1.807) is 6.08 Å². The van der Waals surface area contributed by atoms with Gasteiger partial charge in [-0.3, -0.25) is 19.1 Å². The monoisotopic (exact) mass is 568 g/mol. The maximum Gasteiger partial charge on any atom is 0.339 e. The van der Waals surface area contributed by atoms with Gasteiger partial charge >= 0.3 is 5.97 Å². The van der Waals surface area contributed by atoms with Crippen LogP contribution in [-0.4, -0.2) is 54.6 Å². The molecule has 0 radical (unpaired) electrons. The van der Waals surface area contributed by atoms with Gasteiger partial charge in [-0.2, -0.15) is 0 Å². The standard InChI is InChI=1S/C29H36N4O6S/c1-39-29(36)20-11-14-26(30-17-20)32-27(34)25(15-19-7-3-2-4-8-19)33-18-31-24-16-22(12-13-23(24)28(33)35)40(37,38)21-9-5-6-10-21/h11-13,16-19,21,25-26H,2-10,14-15H2,1H3,(H,32,34). The molecule has 1 N–H and O–H groups in total. The molecular formula is C29H36N4O6S. The zero-order chi connectivity index (χ0) is 28.3. The van der Waals surface area contributed by atoms with Gasteiger partial charge in [0.2, 0.25) is 5.91 Å². The van der Waals surface area contributed by atoms with Crippen LogP contribution in [0.2, 0.25) is 0 Å². The van der Waals surface area contributed by atoms with Crippen molar-refractivity contribution in [2.45, 2.75) is 93.0 Å². The number of amides is 1. The summed E-state index contributed by atoms with van der Waals surface area (Å²) >= 11 is 0. The molecule has 0 spiro atoms. The van der Waals surface area contributed by atoms with Crippen LogP contribution in [0, 0.1) is 5.92 Å². The second-order valence-corrected chi connectivity index (χ2v) is 13.3. The molecule has 2 fully saturated rings. The molecule has 2 aromatic rings. The smallest absolute Gasteiger partial charge is 0.339 e. The van der Waals surface area contributed by atoms with E-state index in [-0.39, 0.29) is 21.7 Å². The fraction of sp³-hybridized carbons (Fsp3) is 0.552. The Balaban J connectivity index is 1.42. The third-order valence-electron chi connectivity index (χ3n) is 8.43. The molecule has 1 aromatic heterocycles. The lowest BCUT2D eigenvalue weighted by molar-refractivity contribution is -0.135. The number of ether oxygens (including phenoxy) is 1. The molecule has 2 aliphatic carbocycles. The molecule has 2 heterocycles. The third kappa shape index (κ3) is 5.89. The highest BCUT2D eigenvalue weighted by atomic mass is 32.2. The van der Waals surface area contributed by atoms with E-state index in [2.05, 4.69) is 15.3 Å². The molecule has 40 heavy (non-hydrogen) atoms. The van der Waals surface area contributed by atoms with E-state index in [0.29, 0.717) is 42.7 Å². The Kier molecular flexibility index (Phi) is 8.48. The first-order valence-corrected chi connectivity index (χ1v) is 15.7. The van der Waals surface area contributed by atoms with Crippen LogP contribution in [0.3, 0.4) is 0 Å². The summed E-state index contributed by atoms with van der Waals surface area (Å²) in [6.45, 7) is 0. The molecule has 1 aliphatic heterocycles. The summed E-state index contributed by atoms with van der Waals surface area (Å²) in [7, 11) is -2.19. The minimum absolute atomic E-state index is 0.183. The highest BCUT2D eigenvalue weighted by molar-refractivity contribution is 7.92. The summed E-state index contributed by atoms with van der Waals surface area (Å²) in [6, 6.07) is 3.69. The summed E-state index contributed by atoms with van der Waals surface area (Å²) in [6.07, 6.45) is 13.1. The van der Waals surface area contributed by atoms with Crippen molar-refractivity contribution in [1.29, 1.82) is 0 Å². The second kappa shape index (κ2) is 12.0. The van der Waals surface area contributed by atoms with Crippen molar-refractivity contribution in [1.82, 2.24) is 14.9 Å². The number of hydrogen-bond acceptors (Lipinski definition) is 8. The van der Waals surface area contributed by atoms with Gasteiger partial charge < -0.3 is 10.1 Å². The highest BCUT2D eigenvalue weighted by Gasteiger charge is 2.32. The van der Waals surface area contributed by atoms with Crippen molar-refractivity contribution >= 4 is 38.8 Å². The number of sulfone groups is 1. The van der Waals surface area contributed by atoms with E-state index >= 15 is 0 Å². The first-order valence-electron chi connectivity index (χ1n) is 14.1. The Morgan fingerprint density at radius 1 is 1.10 bits per heavy atom. The van der Waals surface area contributed by atoms with Gasteiger partial charge in [0.1, 0.15) is 12.2 Å². The number of benzene rings is 1. The number of methoxy groups -OCH3 is 1. The quantitative estimate of drug-likeness (QED) is 0.480. The molecule has 2 saturated carbocycles. The van der Waals surface area contributed by atoms with Crippen LogP contribution in [-0.2, 0) is 24.2 Å². The van der Waals surface area contributed by atoms with Gasteiger partial charge in [0.15, 0.2) is 9.84 Å². The van der Waals surface area contributed by atoms with Gasteiger partial charge in [-0.05, 0) is 43.4 Å². The molecule has 1 aromatic carbocycles. The predicted molar refractivity (Wildman–Crippen MR) is 151 cm³/mol. The Morgan fingerprint density at radius 3 is 2.50 bits per heavy atom. The summed E-state index contributed by atoms with van der Waals surface area (Å²) in [5.41, 5.74) is 0.247. The van der Waals surface area contributed by atoms with E-state index in [0.717, 1.165) is 38.5 Å². The van der Waals surface area contributed by atoms with Crippen LogP contribution in [0.5, 0.6) is 0 Å².